The highest BCUT2D eigenvalue weighted by Gasteiger charge is 2.29. The molecular formula is C15H24ClFN2. The molecule has 0 bridgehead atoms. The van der Waals surface area contributed by atoms with Crippen LogP contribution in [0.4, 0.5) is 4.39 Å². The first kappa shape index (κ1) is 16.4. The van der Waals surface area contributed by atoms with Gasteiger partial charge in [-0.2, -0.15) is 0 Å². The Morgan fingerprint density at radius 3 is 2.74 bits per heavy atom. The summed E-state index contributed by atoms with van der Waals surface area (Å²) in [5.74, 6) is -0.117. The molecule has 1 saturated heterocycles. The second-order valence-electron chi connectivity index (χ2n) is 5.99. The fourth-order valence-corrected chi connectivity index (χ4v) is 2.83. The highest BCUT2D eigenvalue weighted by molar-refractivity contribution is 5.85. The molecule has 19 heavy (non-hydrogen) atoms. The summed E-state index contributed by atoms with van der Waals surface area (Å²) in [7, 11) is 2.14. The van der Waals surface area contributed by atoms with Crippen molar-refractivity contribution in [2.75, 3.05) is 26.7 Å². The summed E-state index contributed by atoms with van der Waals surface area (Å²) in [6.45, 7) is 8.34. The number of benzene rings is 1. The van der Waals surface area contributed by atoms with Gasteiger partial charge in [0.15, 0.2) is 0 Å². The fourth-order valence-electron chi connectivity index (χ4n) is 2.83. The first-order chi connectivity index (χ1) is 8.48. The highest BCUT2D eigenvalue weighted by Crippen LogP contribution is 2.25. The van der Waals surface area contributed by atoms with Gasteiger partial charge in [0.05, 0.1) is 0 Å². The van der Waals surface area contributed by atoms with Gasteiger partial charge in [-0.3, -0.25) is 0 Å². The molecule has 1 aliphatic rings. The lowest BCUT2D eigenvalue weighted by atomic mass is 9.89. The number of rotatable bonds is 4. The summed E-state index contributed by atoms with van der Waals surface area (Å²) in [5.41, 5.74) is 2.30. The molecule has 2 rings (SSSR count). The molecule has 0 saturated carbocycles. The van der Waals surface area contributed by atoms with Crippen LogP contribution in [0.3, 0.4) is 0 Å². The maximum absolute atomic E-state index is 13.2. The molecule has 0 radical (unpaired) electrons. The Bertz CT molecular complexity index is 417. The Labute approximate surface area is 121 Å². The van der Waals surface area contributed by atoms with Crippen LogP contribution >= 0.6 is 12.4 Å². The second kappa shape index (κ2) is 6.69. The van der Waals surface area contributed by atoms with Crippen molar-refractivity contribution in [1.29, 1.82) is 0 Å². The summed E-state index contributed by atoms with van der Waals surface area (Å²) < 4.78 is 13.2. The van der Waals surface area contributed by atoms with Crippen LogP contribution in [-0.4, -0.2) is 31.6 Å². The molecule has 1 unspecified atom stereocenters. The van der Waals surface area contributed by atoms with Crippen molar-refractivity contribution in [2.24, 2.45) is 5.41 Å². The molecule has 1 atom stereocenters. The second-order valence-corrected chi connectivity index (χ2v) is 5.99. The average Bonchev–Trinajstić information content (AvgIpc) is 2.70. The maximum Gasteiger partial charge on any atom is 0.126 e. The van der Waals surface area contributed by atoms with Gasteiger partial charge in [-0.15, -0.1) is 12.4 Å². The molecule has 0 aromatic heterocycles. The van der Waals surface area contributed by atoms with Crippen LogP contribution in [-0.2, 0) is 6.54 Å². The van der Waals surface area contributed by atoms with Crippen molar-refractivity contribution in [2.45, 2.75) is 26.8 Å². The maximum atomic E-state index is 13.2. The highest BCUT2D eigenvalue weighted by atomic mass is 35.5. The van der Waals surface area contributed by atoms with E-state index in [-0.39, 0.29) is 18.2 Å². The first-order valence-electron chi connectivity index (χ1n) is 6.63. The van der Waals surface area contributed by atoms with E-state index < -0.39 is 0 Å². The predicted molar refractivity (Wildman–Crippen MR) is 80.3 cm³/mol. The third kappa shape index (κ3) is 4.44. The molecule has 1 aromatic carbocycles. The van der Waals surface area contributed by atoms with Crippen LogP contribution in [0.25, 0.3) is 0 Å². The van der Waals surface area contributed by atoms with E-state index in [1.807, 2.05) is 19.1 Å². The van der Waals surface area contributed by atoms with E-state index in [1.54, 1.807) is 6.07 Å². The van der Waals surface area contributed by atoms with Gasteiger partial charge in [0.25, 0.3) is 0 Å². The number of hydrogen-bond donors (Lipinski definition) is 1. The SMILES string of the molecule is Cc1cc(CN(C)CC2(C)CCNC2)ccc1F.Cl. The first-order valence-corrected chi connectivity index (χ1v) is 6.63. The van der Waals surface area contributed by atoms with Crippen LogP contribution in [0.2, 0.25) is 0 Å². The molecule has 2 nitrogen and oxygen atoms in total. The van der Waals surface area contributed by atoms with Crippen molar-refractivity contribution in [3.8, 4) is 0 Å². The zero-order valence-corrected chi connectivity index (χ0v) is 12.8. The lowest BCUT2D eigenvalue weighted by Gasteiger charge is -2.29. The predicted octanol–water partition coefficient (Wildman–Crippen LogP) is 2.99. The Morgan fingerprint density at radius 2 is 2.16 bits per heavy atom. The van der Waals surface area contributed by atoms with Crippen molar-refractivity contribution >= 4 is 12.4 Å². The van der Waals surface area contributed by atoms with Crippen molar-refractivity contribution < 1.29 is 4.39 Å². The van der Waals surface area contributed by atoms with E-state index in [2.05, 4.69) is 24.2 Å². The normalized spacial score (nSPS) is 22.6. The van der Waals surface area contributed by atoms with E-state index in [4.69, 9.17) is 0 Å². The summed E-state index contributed by atoms with van der Waals surface area (Å²) in [5, 5.41) is 3.42. The van der Waals surface area contributed by atoms with E-state index in [0.29, 0.717) is 5.41 Å². The van der Waals surface area contributed by atoms with E-state index in [1.165, 1.54) is 12.0 Å². The van der Waals surface area contributed by atoms with Gasteiger partial charge >= 0.3 is 0 Å². The number of nitrogens with zero attached hydrogens (tertiary/aromatic N) is 1. The van der Waals surface area contributed by atoms with Crippen LogP contribution in [0.1, 0.15) is 24.5 Å². The van der Waals surface area contributed by atoms with E-state index in [0.717, 1.165) is 31.7 Å². The number of halogens is 2. The monoisotopic (exact) mass is 286 g/mol. The zero-order valence-electron chi connectivity index (χ0n) is 12.0. The molecule has 1 fully saturated rings. The molecule has 4 heteroatoms. The molecule has 1 N–H and O–H groups in total. The standard InChI is InChI=1S/C15H23FN2.ClH/c1-12-8-13(4-5-14(12)16)9-18(3)11-15(2)6-7-17-10-15;/h4-5,8,17H,6-7,9-11H2,1-3H3;1H. The zero-order chi connectivity index (χ0) is 13.2. The molecular weight excluding hydrogens is 263 g/mol. The molecule has 1 aromatic rings. The summed E-state index contributed by atoms with van der Waals surface area (Å²) in [6, 6.07) is 5.40. The molecule has 0 amide bonds. The van der Waals surface area contributed by atoms with Gasteiger partial charge in [0, 0.05) is 19.6 Å². The summed E-state index contributed by atoms with van der Waals surface area (Å²) in [4.78, 5) is 2.33. The summed E-state index contributed by atoms with van der Waals surface area (Å²) >= 11 is 0. The van der Waals surface area contributed by atoms with Crippen LogP contribution in [0, 0.1) is 18.2 Å². The lowest BCUT2D eigenvalue weighted by Crippen LogP contribution is -2.34. The minimum absolute atomic E-state index is 0. The number of hydrogen-bond acceptors (Lipinski definition) is 2. The fraction of sp³-hybridized carbons (Fsp3) is 0.600. The molecule has 0 spiro atoms. The smallest absolute Gasteiger partial charge is 0.126 e. The van der Waals surface area contributed by atoms with E-state index in [9.17, 15) is 4.39 Å². The topological polar surface area (TPSA) is 15.3 Å². The number of nitrogens with one attached hydrogen (secondary N) is 1. The average molecular weight is 287 g/mol. The summed E-state index contributed by atoms with van der Waals surface area (Å²) in [6.07, 6.45) is 1.24. The largest absolute Gasteiger partial charge is 0.316 e. The molecule has 0 aliphatic carbocycles. The molecule has 1 aliphatic heterocycles. The third-order valence-electron chi connectivity index (χ3n) is 3.78. The Morgan fingerprint density at radius 1 is 1.42 bits per heavy atom. The van der Waals surface area contributed by atoms with Crippen molar-refractivity contribution in [3.63, 3.8) is 0 Å². The van der Waals surface area contributed by atoms with Crippen molar-refractivity contribution in [3.05, 3.63) is 35.1 Å². The van der Waals surface area contributed by atoms with Crippen LogP contribution < -0.4 is 5.32 Å². The minimum Gasteiger partial charge on any atom is -0.316 e. The molecule has 1 heterocycles. The Kier molecular flexibility index (Phi) is 5.78. The van der Waals surface area contributed by atoms with Gasteiger partial charge in [0.1, 0.15) is 5.82 Å². The van der Waals surface area contributed by atoms with Gasteiger partial charge in [-0.1, -0.05) is 19.1 Å². The lowest BCUT2D eigenvalue weighted by molar-refractivity contribution is 0.203. The number of aryl methyl sites for hydroxylation is 1. The van der Waals surface area contributed by atoms with Crippen LogP contribution in [0.5, 0.6) is 0 Å². The van der Waals surface area contributed by atoms with Gasteiger partial charge < -0.3 is 10.2 Å². The van der Waals surface area contributed by atoms with Gasteiger partial charge in [-0.05, 0) is 49.5 Å². The van der Waals surface area contributed by atoms with Crippen LogP contribution in [0.15, 0.2) is 18.2 Å². The quantitative estimate of drug-likeness (QED) is 0.915. The molecule has 108 valence electrons. The van der Waals surface area contributed by atoms with Crippen molar-refractivity contribution in [1.82, 2.24) is 10.2 Å². The van der Waals surface area contributed by atoms with Gasteiger partial charge in [-0.25, -0.2) is 4.39 Å². The minimum atomic E-state index is -0.117. The van der Waals surface area contributed by atoms with E-state index >= 15 is 0 Å². The third-order valence-corrected chi connectivity index (χ3v) is 3.78. The van der Waals surface area contributed by atoms with Gasteiger partial charge in [0.2, 0.25) is 0 Å². The Balaban J connectivity index is 0.00000180. The Hall–Kier alpha value is -0.640.